The number of aromatic amines is 1. The van der Waals surface area contributed by atoms with Crippen LogP contribution in [0.2, 0.25) is 0 Å². The molecule has 0 spiro atoms. The maximum atomic E-state index is 4.82. The van der Waals surface area contributed by atoms with Gasteiger partial charge < -0.3 is 0 Å². The summed E-state index contributed by atoms with van der Waals surface area (Å²) in [6.07, 6.45) is 3.50. The van der Waals surface area contributed by atoms with Gasteiger partial charge in [-0.15, -0.1) is 0 Å². The van der Waals surface area contributed by atoms with Crippen molar-refractivity contribution in [2.24, 2.45) is 9.98 Å². The number of rotatable bonds is 8. The monoisotopic (exact) mass is 569 g/mol. The van der Waals surface area contributed by atoms with E-state index in [9.17, 15) is 0 Å². The van der Waals surface area contributed by atoms with Crippen molar-refractivity contribution in [3.8, 4) is 0 Å². The summed E-state index contributed by atoms with van der Waals surface area (Å²) >= 11 is 0.194. The summed E-state index contributed by atoms with van der Waals surface area (Å²) in [5.41, 5.74) is 7.01. The van der Waals surface area contributed by atoms with Gasteiger partial charge in [-0.3, -0.25) is 15.1 Å². The topological polar surface area (TPSA) is 66.3 Å². The fraction of sp³-hybridized carbons (Fsp3) is 0.429. The van der Waals surface area contributed by atoms with E-state index in [-0.39, 0.29) is 13.1 Å². The summed E-state index contributed by atoms with van der Waals surface area (Å²) < 4.78 is 0. The fourth-order valence-corrected chi connectivity index (χ4v) is 3.97. The SMILES string of the molecule is CC(C)c1cccc(C(C)C)c1N=Cc1n[nH]c(C=Nc2c(C(C)C)cccc2C(C)C)n1.[Cl][Fe][Cl]. The zero-order valence-electron chi connectivity index (χ0n) is 22.3. The van der Waals surface area contributed by atoms with Crippen molar-refractivity contribution >= 4 is 44.0 Å². The van der Waals surface area contributed by atoms with E-state index in [4.69, 9.17) is 30.2 Å². The Labute approximate surface area is 230 Å². The van der Waals surface area contributed by atoms with Gasteiger partial charge in [-0.05, 0) is 45.9 Å². The average Bonchev–Trinajstić information content (AvgIpc) is 3.28. The summed E-state index contributed by atoms with van der Waals surface area (Å²) in [5, 5.41) is 7.31. The van der Waals surface area contributed by atoms with E-state index in [0.29, 0.717) is 35.3 Å². The zero-order chi connectivity index (χ0) is 26.8. The summed E-state index contributed by atoms with van der Waals surface area (Å²) in [4.78, 5) is 14.2. The van der Waals surface area contributed by atoms with Gasteiger partial charge in [0.25, 0.3) is 0 Å². The average molecular weight is 570 g/mol. The van der Waals surface area contributed by atoms with Gasteiger partial charge in [0.2, 0.25) is 0 Å². The Morgan fingerprint density at radius 2 is 1.06 bits per heavy atom. The molecule has 1 N–H and O–H groups in total. The first-order chi connectivity index (χ1) is 17.1. The number of hydrogen-bond acceptors (Lipinski definition) is 4. The Balaban J connectivity index is 0.00000145. The summed E-state index contributed by atoms with van der Waals surface area (Å²) in [6.45, 7) is 17.6. The van der Waals surface area contributed by atoms with Crippen LogP contribution in [0.25, 0.3) is 0 Å². The Morgan fingerprint density at radius 3 is 1.42 bits per heavy atom. The Hall–Kier alpha value is -1.98. The molecule has 0 atom stereocenters. The van der Waals surface area contributed by atoms with Gasteiger partial charge in [-0.1, -0.05) is 91.8 Å². The molecule has 0 radical (unpaired) electrons. The molecule has 0 unspecified atom stereocenters. The number of halogens is 2. The first-order valence-corrected chi connectivity index (χ1v) is 15.3. The quantitative estimate of drug-likeness (QED) is 0.217. The van der Waals surface area contributed by atoms with Crippen molar-refractivity contribution in [2.45, 2.75) is 79.1 Å². The van der Waals surface area contributed by atoms with Crippen LogP contribution in [0.3, 0.4) is 0 Å². The summed E-state index contributed by atoms with van der Waals surface area (Å²) in [5.74, 6) is 2.73. The van der Waals surface area contributed by atoms with E-state index in [2.05, 4.69) is 107 Å². The van der Waals surface area contributed by atoms with Crippen LogP contribution in [-0.4, -0.2) is 27.6 Å². The molecule has 0 saturated heterocycles. The molecule has 3 rings (SSSR count). The van der Waals surface area contributed by atoms with E-state index in [1.807, 2.05) is 0 Å². The van der Waals surface area contributed by atoms with Crippen molar-refractivity contribution in [1.29, 1.82) is 0 Å². The normalized spacial score (nSPS) is 12.1. The third-order valence-electron chi connectivity index (χ3n) is 5.83. The number of benzene rings is 2. The van der Waals surface area contributed by atoms with Gasteiger partial charge in [0.05, 0.1) is 23.8 Å². The van der Waals surface area contributed by atoms with Gasteiger partial charge in [-0.2, -0.15) is 5.10 Å². The van der Waals surface area contributed by atoms with E-state index in [1.54, 1.807) is 12.4 Å². The second kappa shape index (κ2) is 14.7. The van der Waals surface area contributed by atoms with Gasteiger partial charge in [0.1, 0.15) is 0 Å². The third-order valence-corrected chi connectivity index (χ3v) is 5.83. The predicted molar refractivity (Wildman–Crippen MR) is 152 cm³/mol. The molecule has 0 aliphatic carbocycles. The molecule has 1 heterocycles. The van der Waals surface area contributed by atoms with E-state index in [0.717, 1.165) is 11.4 Å². The van der Waals surface area contributed by atoms with E-state index >= 15 is 0 Å². The molecule has 1 aromatic heterocycles. The summed E-state index contributed by atoms with van der Waals surface area (Å²) in [6, 6.07) is 12.8. The molecule has 0 aliphatic rings. The Morgan fingerprint density at radius 1 is 0.694 bits per heavy atom. The van der Waals surface area contributed by atoms with Crippen molar-refractivity contribution in [1.82, 2.24) is 15.2 Å². The van der Waals surface area contributed by atoms with Crippen molar-refractivity contribution < 1.29 is 13.1 Å². The van der Waals surface area contributed by atoms with Crippen LogP contribution in [-0.2, 0) is 13.1 Å². The van der Waals surface area contributed by atoms with Gasteiger partial charge in [0.15, 0.2) is 11.6 Å². The van der Waals surface area contributed by atoms with Gasteiger partial charge in [-0.25, -0.2) is 4.98 Å². The van der Waals surface area contributed by atoms with Crippen molar-refractivity contribution in [3.63, 3.8) is 0 Å². The molecule has 0 saturated carbocycles. The van der Waals surface area contributed by atoms with Gasteiger partial charge in [0, 0.05) is 0 Å². The first-order valence-electron chi connectivity index (χ1n) is 12.2. The molecule has 0 aliphatic heterocycles. The molecule has 36 heavy (non-hydrogen) atoms. The molecule has 8 heteroatoms. The van der Waals surface area contributed by atoms with Crippen LogP contribution in [0.4, 0.5) is 11.4 Å². The molecule has 196 valence electrons. The number of para-hydroxylation sites is 2. The fourth-order valence-electron chi connectivity index (χ4n) is 3.97. The summed E-state index contributed by atoms with van der Waals surface area (Å²) in [7, 11) is 9.53. The minimum absolute atomic E-state index is 0.194. The van der Waals surface area contributed by atoms with Crippen LogP contribution in [0, 0.1) is 0 Å². The molecule has 2 aromatic carbocycles. The third kappa shape index (κ3) is 8.27. The van der Waals surface area contributed by atoms with Crippen LogP contribution >= 0.6 is 20.2 Å². The maximum absolute atomic E-state index is 4.82. The minimum atomic E-state index is 0.194. The number of H-pyrrole nitrogens is 1. The van der Waals surface area contributed by atoms with Crippen LogP contribution in [0.1, 0.15) is 113 Å². The zero-order valence-corrected chi connectivity index (χ0v) is 24.9. The first kappa shape index (κ1) is 30.2. The number of aromatic nitrogens is 3. The van der Waals surface area contributed by atoms with Crippen LogP contribution < -0.4 is 0 Å². The van der Waals surface area contributed by atoms with Gasteiger partial charge >= 0.3 is 33.3 Å². The molecule has 3 aromatic rings. The second-order valence-corrected chi connectivity index (χ2v) is 11.7. The number of nitrogens with zero attached hydrogens (tertiary/aromatic N) is 4. The van der Waals surface area contributed by atoms with Crippen LogP contribution in [0.15, 0.2) is 46.4 Å². The molecule has 0 fully saturated rings. The molecular formula is C28H37Cl2FeN5. The second-order valence-electron chi connectivity index (χ2n) is 9.83. The number of nitrogens with one attached hydrogen (secondary N) is 1. The van der Waals surface area contributed by atoms with E-state index in [1.165, 1.54) is 22.3 Å². The van der Waals surface area contributed by atoms with Crippen LogP contribution in [0.5, 0.6) is 0 Å². The molecular weight excluding hydrogens is 533 g/mol. The molecule has 0 bridgehead atoms. The Bertz CT molecular complexity index is 1030. The Kier molecular flexibility index (Phi) is 12.3. The standard InChI is InChI=1S/C28H37N5.2ClH.Fe/c1-17(2)21-11-9-12-22(18(3)4)27(21)29-15-25-31-26(33-32-25)16-30-28-23(19(5)6)13-10-14-24(28)20(7)8;;;/h9-20H,1-8H3,(H,31,32,33);2*1H;/q;;;+2/p-2. The van der Waals surface area contributed by atoms with Crippen molar-refractivity contribution in [2.75, 3.05) is 0 Å². The number of aliphatic imine (C=N–C) groups is 2. The molecule has 5 nitrogen and oxygen atoms in total. The van der Waals surface area contributed by atoms with Crippen molar-refractivity contribution in [3.05, 3.63) is 70.3 Å². The van der Waals surface area contributed by atoms with E-state index < -0.39 is 0 Å². The number of hydrogen-bond donors (Lipinski definition) is 1. The molecule has 0 amide bonds. The predicted octanol–water partition coefficient (Wildman–Crippen LogP) is 9.18.